The number of rotatable bonds is 4. The Morgan fingerprint density at radius 1 is 1.40 bits per heavy atom. The van der Waals surface area contributed by atoms with Crippen molar-refractivity contribution >= 4 is 17.7 Å². The Kier molecular flexibility index (Phi) is 2.70. The minimum atomic E-state index is -1.06. The Labute approximate surface area is 115 Å². The summed E-state index contributed by atoms with van der Waals surface area (Å²) in [7, 11) is 0. The van der Waals surface area contributed by atoms with Crippen LogP contribution in [0.15, 0.2) is 0 Å². The van der Waals surface area contributed by atoms with E-state index in [1.807, 2.05) is 0 Å². The summed E-state index contributed by atoms with van der Waals surface area (Å²) in [6, 6.07) is 0. The van der Waals surface area contributed by atoms with E-state index in [4.69, 9.17) is 4.74 Å². The van der Waals surface area contributed by atoms with Crippen molar-refractivity contribution in [2.24, 2.45) is 5.92 Å². The minimum Gasteiger partial charge on any atom is -0.477 e. The zero-order valence-electron chi connectivity index (χ0n) is 11.3. The number of carboxylic acids is 1. The third kappa shape index (κ3) is 1.60. The van der Waals surface area contributed by atoms with Gasteiger partial charge in [0.15, 0.2) is 0 Å². The van der Waals surface area contributed by atoms with E-state index < -0.39 is 17.7 Å². The fourth-order valence-corrected chi connectivity index (χ4v) is 3.22. The SMILES string of the molecule is CCOC(=O)C(=O)c1c(C)c(C(=O)O)n2c1[C@@H]1C[C@@H]1C2. The molecule has 20 heavy (non-hydrogen) atoms. The molecule has 1 aliphatic heterocycles. The van der Waals surface area contributed by atoms with Crippen LogP contribution in [0.4, 0.5) is 0 Å². The van der Waals surface area contributed by atoms with Crippen molar-refractivity contribution in [1.29, 1.82) is 0 Å². The molecule has 2 atom stereocenters. The number of hydrogen-bond donors (Lipinski definition) is 1. The van der Waals surface area contributed by atoms with Crippen LogP contribution in [0.5, 0.6) is 0 Å². The molecule has 6 nitrogen and oxygen atoms in total. The second-order valence-electron chi connectivity index (χ2n) is 5.30. The number of fused-ring (bicyclic) bond motifs is 3. The van der Waals surface area contributed by atoms with Gasteiger partial charge < -0.3 is 14.4 Å². The van der Waals surface area contributed by atoms with Crippen LogP contribution in [0, 0.1) is 12.8 Å². The van der Waals surface area contributed by atoms with Crippen molar-refractivity contribution in [3.05, 3.63) is 22.5 Å². The average Bonchev–Trinajstić information content (AvgIpc) is 2.94. The van der Waals surface area contributed by atoms with Gasteiger partial charge >= 0.3 is 11.9 Å². The number of carbonyl (C=O) groups is 3. The van der Waals surface area contributed by atoms with Crippen molar-refractivity contribution < 1.29 is 24.2 Å². The highest BCUT2D eigenvalue weighted by Gasteiger charge is 2.51. The molecule has 1 N–H and O–H groups in total. The highest BCUT2D eigenvalue weighted by atomic mass is 16.5. The molecule has 2 aliphatic rings. The molecular weight excluding hydrogens is 262 g/mol. The lowest BCUT2D eigenvalue weighted by Gasteiger charge is -2.05. The Bertz CT molecular complexity index is 642. The first-order chi connectivity index (χ1) is 9.47. The Balaban J connectivity index is 2.12. The molecule has 1 aliphatic carbocycles. The first-order valence-corrected chi connectivity index (χ1v) is 6.65. The second kappa shape index (κ2) is 4.19. The number of hydrogen-bond acceptors (Lipinski definition) is 4. The molecule has 0 amide bonds. The minimum absolute atomic E-state index is 0.123. The monoisotopic (exact) mass is 277 g/mol. The molecule has 1 saturated carbocycles. The van der Waals surface area contributed by atoms with Gasteiger partial charge in [0, 0.05) is 18.2 Å². The van der Waals surface area contributed by atoms with E-state index >= 15 is 0 Å². The number of esters is 1. The number of carbonyl (C=O) groups excluding carboxylic acids is 2. The Morgan fingerprint density at radius 3 is 2.70 bits per heavy atom. The van der Waals surface area contributed by atoms with Gasteiger partial charge in [0.2, 0.25) is 0 Å². The van der Waals surface area contributed by atoms with Gasteiger partial charge in [-0.1, -0.05) is 0 Å². The number of ether oxygens (including phenoxy) is 1. The first kappa shape index (κ1) is 12.9. The maximum Gasteiger partial charge on any atom is 0.379 e. The molecule has 1 aromatic rings. The summed E-state index contributed by atoms with van der Waals surface area (Å²) in [5.74, 6) is -2.07. The third-order valence-electron chi connectivity index (χ3n) is 4.13. The number of Topliss-reactive ketones (excluding diaryl/α,β-unsaturated/α-hetero) is 1. The second-order valence-corrected chi connectivity index (χ2v) is 5.30. The highest BCUT2D eigenvalue weighted by molar-refractivity contribution is 6.41. The van der Waals surface area contributed by atoms with E-state index in [-0.39, 0.29) is 23.8 Å². The number of carboxylic acid groups (broad SMARTS) is 1. The molecule has 1 fully saturated rings. The standard InChI is InChI=1S/C14H15NO5/c1-3-20-14(19)12(16)9-6(2)10(13(17)18)15-5-7-4-8(7)11(9)15/h7-8H,3-5H2,1-2H3,(H,17,18)/t7-,8-/m1/s1. The predicted molar refractivity (Wildman–Crippen MR) is 67.9 cm³/mol. The van der Waals surface area contributed by atoms with E-state index in [1.165, 1.54) is 0 Å². The van der Waals surface area contributed by atoms with Gasteiger partial charge in [-0.05, 0) is 31.7 Å². The van der Waals surface area contributed by atoms with Crippen molar-refractivity contribution in [2.75, 3.05) is 6.61 Å². The average molecular weight is 277 g/mol. The highest BCUT2D eigenvalue weighted by Crippen LogP contribution is 2.56. The molecule has 1 aromatic heterocycles. The third-order valence-corrected chi connectivity index (χ3v) is 4.13. The molecule has 0 bridgehead atoms. The summed E-state index contributed by atoms with van der Waals surface area (Å²) >= 11 is 0. The molecular formula is C14H15NO5. The molecule has 106 valence electrons. The van der Waals surface area contributed by atoms with E-state index in [0.29, 0.717) is 23.7 Å². The quantitative estimate of drug-likeness (QED) is 0.510. The van der Waals surface area contributed by atoms with Gasteiger partial charge in [0.25, 0.3) is 5.78 Å². The summed E-state index contributed by atoms with van der Waals surface area (Å²) < 4.78 is 6.43. The molecule has 0 aromatic carbocycles. The Morgan fingerprint density at radius 2 is 2.10 bits per heavy atom. The maximum absolute atomic E-state index is 12.2. The van der Waals surface area contributed by atoms with Crippen LogP contribution < -0.4 is 0 Å². The lowest BCUT2D eigenvalue weighted by molar-refractivity contribution is -0.137. The summed E-state index contributed by atoms with van der Waals surface area (Å²) in [4.78, 5) is 35.3. The van der Waals surface area contributed by atoms with Gasteiger partial charge in [-0.25, -0.2) is 9.59 Å². The number of aromatic nitrogens is 1. The predicted octanol–water partition coefficient (Wildman–Crippen LogP) is 1.36. The summed E-state index contributed by atoms with van der Waals surface area (Å²) in [5, 5.41) is 9.32. The van der Waals surface area contributed by atoms with E-state index in [9.17, 15) is 19.5 Å². The topological polar surface area (TPSA) is 85.6 Å². The van der Waals surface area contributed by atoms with Crippen LogP contribution in [-0.2, 0) is 16.1 Å². The van der Waals surface area contributed by atoms with E-state index in [2.05, 4.69) is 0 Å². The van der Waals surface area contributed by atoms with Crippen LogP contribution in [0.2, 0.25) is 0 Å². The van der Waals surface area contributed by atoms with Crippen LogP contribution in [-0.4, -0.2) is 34.0 Å². The molecule has 6 heteroatoms. The van der Waals surface area contributed by atoms with E-state index in [1.54, 1.807) is 18.4 Å². The van der Waals surface area contributed by atoms with Crippen molar-refractivity contribution in [3.63, 3.8) is 0 Å². The Hall–Kier alpha value is -2.11. The number of ketones is 1. The normalized spacial score (nSPS) is 22.1. The van der Waals surface area contributed by atoms with Crippen molar-refractivity contribution in [3.8, 4) is 0 Å². The zero-order chi connectivity index (χ0) is 14.6. The summed E-state index contributed by atoms with van der Waals surface area (Å²) in [5.41, 5.74) is 1.45. The van der Waals surface area contributed by atoms with Gasteiger partial charge in [-0.3, -0.25) is 4.79 Å². The lowest BCUT2D eigenvalue weighted by Crippen LogP contribution is -2.19. The number of aromatic carboxylic acids is 1. The fraction of sp³-hybridized carbons (Fsp3) is 0.500. The van der Waals surface area contributed by atoms with Crippen LogP contribution in [0.1, 0.15) is 51.4 Å². The molecule has 0 unspecified atom stereocenters. The fourth-order valence-electron chi connectivity index (χ4n) is 3.22. The van der Waals surface area contributed by atoms with Crippen molar-refractivity contribution in [1.82, 2.24) is 4.57 Å². The largest absolute Gasteiger partial charge is 0.477 e. The lowest BCUT2D eigenvalue weighted by atomic mass is 10.0. The zero-order valence-corrected chi connectivity index (χ0v) is 11.3. The molecule has 3 rings (SSSR count). The molecule has 0 saturated heterocycles. The molecule has 2 heterocycles. The summed E-state index contributed by atoms with van der Waals surface area (Å²) in [6.45, 7) is 3.95. The van der Waals surface area contributed by atoms with Crippen molar-refractivity contribution in [2.45, 2.75) is 32.7 Å². The molecule has 0 radical (unpaired) electrons. The van der Waals surface area contributed by atoms with Crippen LogP contribution in [0.25, 0.3) is 0 Å². The van der Waals surface area contributed by atoms with Gasteiger partial charge in [-0.2, -0.15) is 0 Å². The van der Waals surface area contributed by atoms with Gasteiger partial charge in [-0.15, -0.1) is 0 Å². The number of nitrogens with zero attached hydrogens (tertiary/aromatic N) is 1. The smallest absolute Gasteiger partial charge is 0.379 e. The van der Waals surface area contributed by atoms with E-state index in [0.717, 1.165) is 6.42 Å². The van der Waals surface area contributed by atoms with Crippen LogP contribution >= 0.6 is 0 Å². The van der Waals surface area contributed by atoms with Crippen LogP contribution in [0.3, 0.4) is 0 Å². The molecule has 0 spiro atoms. The first-order valence-electron chi connectivity index (χ1n) is 6.65. The van der Waals surface area contributed by atoms with Gasteiger partial charge in [0.1, 0.15) is 5.69 Å². The van der Waals surface area contributed by atoms with Gasteiger partial charge in [0.05, 0.1) is 12.2 Å². The summed E-state index contributed by atoms with van der Waals surface area (Å²) in [6.07, 6.45) is 0.964. The maximum atomic E-state index is 12.2.